The molecular formula is C43H74O5. The van der Waals surface area contributed by atoms with E-state index in [1.54, 1.807) is 0 Å². The van der Waals surface area contributed by atoms with Crippen molar-refractivity contribution in [2.45, 2.75) is 187 Å². The molecule has 0 aliphatic heterocycles. The minimum absolute atomic E-state index is 0.0940. The topological polar surface area (TPSA) is 72.8 Å². The van der Waals surface area contributed by atoms with E-state index in [1.807, 2.05) is 0 Å². The van der Waals surface area contributed by atoms with Gasteiger partial charge in [0, 0.05) is 12.8 Å². The molecule has 0 saturated heterocycles. The number of aliphatic hydroxyl groups is 1. The minimum atomic E-state index is -0.804. The molecule has 276 valence electrons. The highest BCUT2D eigenvalue weighted by atomic mass is 16.6. The lowest BCUT2D eigenvalue weighted by Gasteiger charge is -2.15. The number of carbonyl (C=O) groups is 2. The molecule has 0 aromatic carbocycles. The van der Waals surface area contributed by atoms with E-state index in [2.05, 4.69) is 74.6 Å². The number of esters is 2. The van der Waals surface area contributed by atoms with Gasteiger partial charge in [0.2, 0.25) is 0 Å². The Kier molecular flexibility index (Phi) is 37.1. The van der Waals surface area contributed by atoms with Gasteiger partial charge in [0.05, 0.1) is 6.61 Å². The highest BCUT2D eigenvalue weighted by Gasteiger charge is 2.15. The van der Waals surface area contributed by atoms with E-state index in [-0.39, 0.29) is 31.6 Å². The molecule has 5 heteroatoms. The van der Waals surface area contributed by atoms with Crippen molar-refractivity contribution in [3.63, 3.8) is 0 Å². The van der Waals surface area contributed by atoms with Crippen LogP contribution in [0.2, 0.25) is 0 Å². The van der Waals surface area contributed by atoms with E-state index in [1.165, 1.54) is 96.3 Å². The van der Waals surface area contributed by atoms with Gasteiger partial charge in [0.25, 0.3) is 0 Å². The zero-order chi connectivity index (χ0) is 35.0. The quantitative estimate of drug-likeness (QED) is 0.0413. The first-order valence-corrected chi connectivity index (χ1v) is 19.8. The summed E-state index contributed by atoms with van der Waals surface area (Å²) in [6, 6.07) is 0. The Balaban J connectivity index is 3.69. The Bertz CT molecular complexity index is 853. The average molecular weight is 671 g/mol. The smallest absolute Gasteiger partial charge is 0.306 e. The summed E-state index contributed by atoms with van der Waals surface area (Å²) < 4.78 is 10.5. The number of unbranched alkanes of at least 4 members (excludes halogenated alkanes) is 17. The van der Waals surface area contributed by atoms with Crippen molar-refractivity contribution in [1.29, 1.82) is 0 Å². The maximum Gasteiger partial charge on any atom is 0.306 e. The highest BCUT2D eigenvalue weighted by Crippen LogP contribution is 2.11. The molecule has 0 rings (SSSR count). The summed E-state index contributed by atoms with van der Waals surface area (Å²) in [6.45, 7) is 4.05. The molecule has 0 aliphatic carbocycles. The van der Waals surface area contributed by atoms with E-state index >= 15 is 0 Å². The molecule has 0 bridgehead atoms. The van der Waals surface area contributed by atoms with Crippen LogP contribution in [0.15, 0.2) is 60.8 Å². The fraction of sp³-hybridized carbons (Fsp3) is 0.721. The molecule has 0 spiro atoms. The summed E-state index contributed by atoms with van der Waals surface area (Å²) in [7, 11) is 0. The third kappa shape index (κ3) is 36.4. The molecule has 1 N–H and O–H groups in total. The van der Waals surface area contributed by atoms with Crippen LogP contribution in [0.5, 0.6) is 0 Å². The lowest BCUT2D eigenvalue weighted by atomic mass is 10.1. The predicted molar refractivity (Wildman–Crippen MR) is 205 cm³/mol. The number of hydrogen-bond acceptors (Lipinski definition) is 5. The second-order valence-electron chi connectivity index (χ2n) is 13.0. The van der Waals surface area contributed by atoms with Crippen LogP contribution < -0.4 is 0 Å². The molecule has 48 heavy (non-hydrogen) atoms. The zero-order valence-corrected chi connectivity index (χ0v) is 31.2. The van der Waals surface area contributed by atoms with Gasteiger partial charge in [0.15, 0.2) is 6.10 Å². The van der Waals surface area contributed by atoms with Crippen LogP contribution in [0.3, 0.4) is 0 Å². The summed E-state index contributed by atoms with van der Waals surface area (Å²) >= 11 is 0. The van der Waals surface area contributed by atoms with Gasteiger partial charge in [-0.3, -0.25) is 9.59 Å². The summed E-state index contributed by atoms with van der Waals surface area (Å²) in [5, 5.41) is 9.54. The number of allylic oxidation sites excluding steroid dienone is 10. The zero-order valence-electron chi connectivity index (χ0n) is 31.2. The Morgan fingerprint density at radius 3 is 1.35 bits per heavy atom. The normalized spacial score (nSPS) is 12.8. The highest BCUT2D eigenvalue weighted by molar-refractivity contribution is 5.70. The monoisotopic (exact) mass is 671 g/mol. The Labute approximate surface area is 296 Å². The molecule has 5 nitrogen and oxygen atoms in total. The van der Waals surface area contributed by atoms with Crippen molar-refractivity contribution in [1.82, 2.24) is 0 Å². The lowest BCUT2D eigenvalue weighted by Crippen LogP contribution is -2.28. The fourth-order valence-corrected chi connectivity index (χ4v) is 5.25. The second-order valence-corrected chi connectivity index (χ2v) is 13.0. The van der Waals surface area contributed by atoms with E-state index < -0.39 is 6.10 Å². The summed E-state index contributed by atoms with van der Waals surface area (Å²) in [4.78, 5) is 24.2. The summed E-state index contributed by atoms with van der Waals surface area (Å²) in [5.74, 6) is -0.670. The average Bonchev–Trinajstić information content (AvgIpc) is 3.09. The number of carbonyl (C=O) groups excluding carboxylic acids is 2. The first-order valence-electron chi connectivity index (χ1n) is 19.8. The molecular weight excluding hydrogens is 596 g/mol. The molecule has 0 heterocycles. The summed E-state index contributed by atoms with van der Waals surface area (Å²) in [6.07, 6.45) is 50.0. The van der Waals surface area contributed by atoms with Gasteiger partial charge in [-0.1, -0.05) is 152 Å². The first-order chi connectivity index (χ1) is 23.6. The van der Waals surface area contributed by atoms with Gasteiger partial charge < -0.3 is 14.6 Å². The minimum Gasteiger partial charge on any atom is -0.462 e. The van der Waals surface area contributed by atoms with Crippen LogP contribution in [0.4, 0.5) is 0 Å². The molecule has 0 unspecified atom stereocenters. The SMILES string of the molecule is CCCCCC/C=C/CCCCCCCC(=O)OC[C@H](CO)OC(=O)CCC/C=C/C/C=C/C/C=C/C/C=C/CCCCCCCCC. The second kappa shape index (κ2) is 39.0. The fourth-order valence-electron chi connectivity index (χ4n) is 5.25. The van der Waals surface area contributed by atoms with Crippen LogP contribution >= 0.6 is 0 Å². The Morgan fingerprint density at radius 2 is 0.854 bits per heavy atom. The molecule has 0 fully saturated rings. The molecule has 0 radical (unpaired) electrons. The molecule has 0 saturated carbocycles. The Morgan fingerprint density at radius 1 is 0.479 bits per heavy atom. The van der Waals surface area contributed by atoms with Crippen LogP contribution in [0.1, 0.15) is 181 Å². The van der Waals surface area contributed by atoms with Gasteiger partial charge in [0.1, 0.15) is 6.61 Å². The molecule has 1 atom stereocenters. The van der Waals surface area contributed by atoms with Crippen molar-refractivity contribution < 1.29 is 24.2 Å². The molecule has 0 aromatic heterocycles. The van der Waals surface area contributed by atoms with Crippen LogP contribution in [0, 0.1) is 0 Å². The van der Waals surface area contributed by atoms with E-state index in [4.69, 9.17) is 9.47 Å². The van der Waals surface area contributed by atoms with E-state index in [9.17, 15) is 14.7 Å². The van der Waals surface area contributed by atoms with Crippen molar-refractivity contribution in [3.05, 3.63) is 60.8 Å². The van der Waals surface area contributed by atoms with Crippen molar-refractivity contribution in [3.8, 4) is 0 Å². The van der Waals surface area contributed by atoms with Crippen molar-refractivity contribution in [2.24, 2.45) is 0 Å². The van der Waals surface area contributed by atoms with E-state index in [0.29, 0.717) is 12.8 Å². The standard InChI is InChI=1S/C43H74O5/c1-3-5-7-9-11-13-15-17-18-19-20-21-22-23-24-26-28-30-32-34-36-38-43(46)48-41(39-44)40-47-42(45)37-35-33-31-29-27-25-16-14-12-10-8-6-4-2/h14,16,18-19,21-22,24,26,30,32,41,44H,3-13,15,17,20,23,25,27-29,31,33-40H2,1-2H3/b16-14+,19-18+,22-21+,26-24+,32-30+/t41-/m0/s1. The van der Waals surface area contributed by atoms with Gasteiger partial charge in [-0.15, -0.1) is 0 Å². The van der Waals surface area contributed by atoms with Crippen LogP contribution in [-0.2, 0) is 19.1 Å². The number of ether oxygens (including phenoxy) is 2. The van der Waals surface area contributed by atoms with E-state index in [0.717, 1.165) is 51.4 Å². The molecule has 0 aromatic rings. The number of rotatable bonds is 35. The van der Waals surface area contributed by atoms with Gasteiger partial charge in [-0.2, -0.15) is 0 Å². The van der Waals surface area contributed by atoms with Crippen molar-refractivity contribution >= 4 is 11.9 Å². The molecule has 0 aliphatic rings. The molecule has 0 amide bonds. The summed E-state index contributed by atoms with van der Waals surface area (Å²) in [5.41, 5.74) is 0. The lowest BCUT2D eigenvalue weighted by molar-refractivity contribution is -0.161. The van der Waals surface area contributed by atoms with Crippen LogP contribution in [0.25, 0.3) is 0 Å². The Hall–Kier alpha value is -2.40. The number of aliphatic hydroxyl groups excluding tert-OH is 1. The maximum absolute atomic E-state index is 12.1. The largest absolute Gasteiger partial charge is 0.462 e. The third-order valence-corrected chi connectivity index (χ3v) is 8.28. The van der Waals surface area contributed by atoms with Gasteiger partial charge >= 0.3 is 11.9 Å². The van der Waals surface area contributed by atoms with Crippen molar-refractivity contribution in [2.75, 3.05) is 13.2 Å². The van der Waals surface area contributed by atoms with Crippen LogP contribution in [-0.4, -0.2) is 36.4 Å². The maximum atomic E-state index is 12.1. The van der Waals surface area contributed by atoms with Gasteiger partial charge in [-0.05, 0) is 77.0 Å². The predicted octanol–water partition coefficient (Wildman–Crippen LogP) is 12.4. The first kappa shape index (κ1) is 45.6. The number of hydrogen-bond donors (Lipinski definition) is 1. The third-order valence-electron chi connectivity index (χ3n) is 8.28. The van der Waals surface area contributed by atoms with Gasteiger partial charge in [-0.25, -0.2) is 0 Å².